The molecule has 0 bridgehead atoms. The Kier molecular flexibility index (Phi) is 22.1. The maximum absolute atomic E-state index is 13.3. The van der Waals surface area contributed by atoms with Gasteiger partial charge in [-0.1, -0.05) is 79.8 Å². The highest BCUT2D eigenvalue weighted by molar-refractivity contribution is 9.09. The van der Waals surface area contributed by atoms with Crippen molar-refractivity contribution in [2.75, 3.05) is 11.9 Å². The molecule has 2 aromatic rings. The van der Waals surface area contributed by atoms with Gasteiger partial charge in [-0.25, -0.2) is 4.68 Å². The molecule has 3 heterocycles. The first-order valence-corrected chi connectivity index (χ1v) is 37.7. The number of carbonyl (C=O) groups excluding carboxylic acids is 3. The number of rotatable bonds is 8. The van der Waals surface area contributed by atoms with Crippen LogP contribution in [0.1, 0.15) is 277 Å². The molecule has 0 amide bonds. The van der Waals surface area contributed by atoms with Crippen molar-refractivity contribution in [1.29, 1.82) is 0 Å². The van der Waals surface area contributed by atoms with E-state index in [-0.39, 0.29) is 62.8 Å². The van der Waals surface area contributed by atoms with Gasteiger partial charge in [-0.3, -0.25) is 14.4 Å². The van der Waals surface area contributed by atoms with Gasteiger partial charge in [-0.2, -0.15) is 9.91 Å². The van der Waals surface area contributed by atoms with Crippen molar-refractivity contribution in [2.45, 2.75) is 309 Å². The molecule has 2 aromatic heterocycles. The Morgan fingerprint density at radius 1 is 0.457 bits per heavy atom. The molecule has 24 atom stereocenters. The topological polar surface area (TPSA) is 236 Å². The van der Waals surface area contributed by atoms with E-state index in [1.165, 1.54) is 101 Å². The highest BCUT2D eigenvalue weighted by atomic mass is 79.9. The van der Waals surface area contributed by atoms with Crippen LogP contribution >= 0.6 is 15.9 Å². The first-order chi connectivity index (χ1) is 42.9. The molecule has 0 saturated heterocycles. The molecular weight excluding hydrogens is 1240 g/mol. The van der Waals surface area contributed by atoms with E-state index in [1.807, 2.05) is 41.5 Å². The number of tetrazole rings is 2. The molecule has 0 radical (unpaired) electrons. The van der Waals surface area contributed by atoms with E-state index in [1.54, 1.807) is 4.68 Å². The lowest BCUT2D eigenvalue weighted by molar-refractivity contribution is -0.151. The minimum Gasteiger partial charge on any atom is -0.390 e. The van der Waals surface area contributed by atoms with Crippen molar-refractivity contribution in [2.24, 2.45) is 137 Å². The molecule has 18 heteroatoms. The number of Topliss-reactive ketones (excluding diaryl/α,β-unsaturated/α-hetero) is 3. The van der Waals surface area contributed by atoms with Crippen LogP contribution in [0.2, 0.25) is 0 Å². The number of nitrogens with zero attached hydrogens (tertiary/aromatic N) is 11. The van der Waals surface area contributed by atoms with E-state index in [0.29, 0.717) is 93.3 Å². The number of hydrogen-bond donors (Lipinski definition) is 3. The summed E-state index contributed by atoms with van der Waals surface area (Å²) in [4.78, 5) is 40.5. The summed E-state index contributed by atoms with van der Waals surface area (Å²) in [5.41, 5.74) is 1.27. The molecule has 0 spiro atoms. The van der Waals surface area contributed by atoms with Gasteiger partial charge in [-0.05, 0) is 339 Å². The normalized spacial score (nSPS) is 46.5. The van der Waals surface area contributed by atoms with Crippen molar-refractivity contribution < 1.29 is 29.7 Å². The Balaban J connectivity index is 0.000000157. The van der Waals surface area contributed by atoms with Crippen LogP contribution in [0.25, 0.3) is 0 Å². The fraction of sp³-hybridized carbons (Fsp3) is 0.921. The van der Waals surface area contributed by atoms with Gasteiger partial charge in [0.05, 0.1) is 27.8 Å². The number of aromatic nitrogens is 8. The van der Waals surface area contributed by atoms with E-state index in [4.69, 9.17) is 0 Å². The van der Waals surface area contributed by atoms with Crippen molar-refractivity contribution >= 4 is 39.0 Å². The molecule has 12 fully saturated rings. The van der Waals surface area contributed by atoms with Crippen LogP contribution in [0, 0.1) is 135 Å². The zero-order valence-electron chi connectivity index (χ0n) is 57.9. The molecule has 13 aliphatic rings. The molecule has 530 valence electrons. The molecule has 1 aliphatic heterocycles. The zero-order chi connectivity index (χ0) is 65.1. The van der Waals surface area contributed by atoms with Crippen LogP contribution in [0.5, 0.6) is 0 Å². The Hall–Kier alpha value is -3.22. The first kappa shape index (κ1) is 75.0. The maximum atomic E-state index is 13.3. The molecule has 0 unspecified atom stereocenters. The summed E-state index contributed by atoms with van der Waals surface area (Å²) in [5, 5.41) is 66.9. The Bertz CT molecular complexity index is 3070. The number of aryl methyl sites for hydroxylation is 2. The predicted octanol–water partition coefficient (Wildman–Crippen LogP) is 16.0. The second kappa shape index (κ2) is 27.7. The summed E-state index contributed by atoms with van der Waals surface area (Å²) in [7, 11) is 0. The molecule has 12 saturated carbocycles. The number of ketones is 3. The Morgan fingerprint density at radius 3 is 1.16 bits per heavy atom. The van der Waals surface area contributed by atoms with E-state index in [9.17, 15) is 29.7 Å². The van der Waals surface area contributed by atoms with E-state index in [0.717, 1.165) is 124 Å². The van der Waals surface area contributed by atoms with Crippen LogP contribution in [0.15, 0.2) is 15.4 Å². The third kappa shape index (κ3) is 13.5. The van der Waals surface area contributed by atoms with Crippen molar-refractivity contribution in [3.8, 4) is 0 Å². The second-order valence-electron chi connectivity index (χ2n) is 35.6. The third-order valence-corrected chi connectivity index (χ3v) is 31.2. The number of alkyl halides is 1. The van der Waals surface area contributed by atoms with Crippen LogP contribution < -0.4 is 0 Å². The molecule has 15 rings (SSSR count). The van der Waals surface area contributed by atoms with Crippen LogP contribution in [-0.2, 0) is 27.5 Å². The van der Waals surface area contributed by atoms with E-state index >= 15 is 0 Å². The molecule has 17 nitrogen and oxygen atoms in total. The summed E-state index contributed by atoms with van der Waals surface area (Å²) < 4.78 is 1.66. The van der Waals surface area contributed by atoms with Crippen molar-refractivity contribution in [1.82, 2.24) is 40.4 Å². The predicted molar refractivity (Wildman–Crippen MR) is 374 cm³/mol. The molecule has 3 N–H and O–H groups in total. The van der Waals surface area contributed by atoms with Gasteiger partial charge in [0.2, 0.25) is 0 Å². The minimum atomic E-state index is -0.473. The second-order valence-corrected chi connectivity index (χ2v) is 36.2. The number of carbonyl (C=O) groups is 3. The van der Waals surface area contributed by atoms with Crippen molar-refractivity contribution in [3.05, 3.63) is 11.6 Å². The lowest BCUT2D eigenvalue weighted by Gasteiger charge is -2.61. The van der Waals surface area contributed by atoms with Crippen molar-refractivity contribution in [3.63, 3.8) is 0 Å². The molecular formula is C76H128BrN11O6. The summed E-state index contributed by atoms with van der Waals surface area (Å²) in [6.07, 6.45) is 31.2. The zero-order valence-corrected chi connectivity index (χ0v) is 59.5. The number of hydrogen-bond acceptors (Lipinski definition) is 15. The summed E-state index contributed by atoms with van der Waals surface area (Å²) in [6.45, 7) is 27.8. The van der Waals surface area contributed by atoms with Gasteiger partial charge in [0.15, 0.2) is 17.4 Å². The van der Waals surface area contributed by atoms with Gasteiger partial charge in [0.25, 0.3) is 0 Å². The minimum absolute atomic E-state index is 0. The quantitative estimate of drug-likeness (QED) is 0.209. The average molecular weight is 1370 g/mol. The Labute approximate surface area is 574 Å². The largest absolute Gasteiger partial charge is 0.390 e. The lowest BCUT2D eigenvalue weighted by Crippen LogP contribution is -2.55. The fourth-order valence-corrected chi connectivity index (χ4v) is 25.9. The van der Waals surface area contributed by atoms with E-state index in [2.05, 4.69) is 104 Å². The summed E-state index contributed by atoms with van der Waals surface area (Å²) in [6, 6.07) is 0. The highest BCUT2D eigenvalue weighted by Crippen LogP contribution is 2.72. The Morgan fingerprint density at radius 2 is 0.840 bits per heavy atom. The van der Waals surface area contributed by atoms with Crippen LogP contribution in [0.3, 0.4) is 0 Å². The van der Waals surface area contributed by atoms with E-state index < -0.39 is 16.8 Å². The fourth-order valence-electron chi connectivity index (χ4n) is 25.5. The monoisotopic (exact) mass is 1370 g/mol. The number of fused-ring (bicyclic) bond motifs is 15. The van der Waals surface area contributed by atoms with Gasteiger partial charge in [0.1, 0.15) is 31.2 Å². The summed E-state index contributed by atoms with van der Waals surface area (Å²) >= 11 is 3.43. The third-order valence-electron chi connectivity index (χ3n) is 30.6. The van der Waals surface area contributed by atoms with Crippen LogP contribution in [0.4, 0.5) is 0 Å². The standard InChI is InChI=1S/2C24H38N4O2.C22H35BrO2.C3H5N3.3CH4/c1-15-25-26-27-28(15)14-21(29)20-8-7-18-17-6-5-16-13-22(2,30)11-12-23(16,3)19(17)9-10-24(18,20)4;1-15-25-27-28(26-15)14-21(29)20-8-7-18-17-6-5-16-13-22(2,30)11-12-23(16,3)19(17)9-10-24(18,20)4;1-20(25)10-11-21(2)14(12-20)4-5-15-16-6-7-18(19(24)13-23)22(16,3)9-8-17(15)21;1-3-2-4-6-5-3;;;/h2*16-20,30H,5-14H2,1-4H3;14-18,25H,4-13H2,1-3H3;2H2,1H3;3*1H4/t2*16-,17+,18+,19+,20-,22-,23+,24+;14-,15+,16+,17+,18-,20-,21+,22+;;;;/m111..../s1. The highest BCUT2D eigenvalue weighted by Gasteiger charge is 2.65. The SMILES string of the molecule is C.C.C.CC1=NN=NC1.C[C@@]1(O)CC[C@@]2(C)[C@H](CC[C@@H]3[C@@H]2CC[C@]2(C)[C@@H](C(=O)CBr)CC[C@@H]32)C1.Cc1nnn(CC(=O)[C@H]2CC[C@H]3[C@@H]4CC[C@@H]5C[C@](C)(O)CC[C@]5(C)[C@H]4CC[C@]23C)n1.Cc1nnnn1CC(=O)[C@H]1CC[C@H]2[C@@H]3CC[C@@H]4C[C@](C)(O)CC[C@]4(C)[C@H]3CC[C@]12C. The molecule has 0 aromatic carbocycles. The molecule has 12 aliphatic carbocycles. The molecule has 94 heavy (non-hydrogen) atoms. The first-order valence-electron chi connectivity index (χ1n) is 36.6. The average Bonchev–Trinajstić information content (AvgIpc) is 1.41. The number of halogens is 1. The van der Waals surface area contributed by atoms with Gasteiger partial charge < -0.3 is 15.3 Å². The lowest BCUT2D eigenvalue weighted by atomic mass is 9.44. The number of aliphatic hydroxyl groups is 3. The van der Waals surface area contributed by atoms with Gasteiger partial charge in [-0.15, -0.1) is 20.4 Å². The smallest absolute Gasteiger partial charge is 0.171 e. The van der Waals surface area contributed by atoms with Crippen LogP contribution in [-0.4, -0.2) is 107 Å². The maximum Gasteiger partial charge on any atom is 0.171 e. The van der Waals surface area contributed by atoms with Gasteiger partial charge in [0, 0.05) is 17.8 Å². The summed E-state index contributed by atoms with van der Waals surface area (Å²) in [5.74, 6) is 11.7. The van der Waals surface area contributed by atoms with Gasteiger partial charge >= 0.3 is 0 Å².